The average Bonchev–Trinajstić information content (AvgIpc) is 3.15. The molecule has 15 nitrogen and oxygen atoms in total. The number of amides is 5. The van der Waals surface area contributed by atoms with Crippen molar-refractivity contribution in [2.45, 2.75) is 122 Å². The van der Waals surface area contributed by atoms with Crippen LogP contribution in [0.15, 0.2) is 48.5 Å². The lowest BCUT2D eigenvalue weighted by atomic mass is 9.81. The van der Waals surface area contributed by atoms with E-state index in [2.05, 4.69) is 45.6 Å². The molecule has 2 aromatic carbocycles. The Hall–Kier alpha value is -4.35. The van der Waals surface area contributed by atoms with Gasteiger partial charge < -0.3 is 53.2 Å². The highest BCUT2D eigenvalue weighted by molar-refractivity contribution is 6.43. The standard InChI is InChI=1S/C38H60BN7O8/c1-5-6-11-27-14-16-28(17-15-27)29-18-20-30(21-19-29)35(49)45-32(13-8-10-23-41)37(51)46-33(25(3)47)38(52)42-24(2)34(48)44-31(12-7-9-22-40)36(50)43-26(4)39(53)54/h14-21,24-26,31-33,47,53-54H,5-13,22-23,40-41H2,1-4H3,(H,42,52)(H,43,50)(H,44,48)(H,45,49)(H,46,51)/t24-,25?,26-,31-,32-,33-/m0/s1. The molecule has 54 heavy (non-hydrogen) atoms. The van der Waals surface area contributed by atoms with Crippen molar-refractivity contribution in [3.05, 3.63) is 59.7 Å². The first-order valence-corrected chi connectivity index (χ1v) is 18.9. The summed E-state index contributed by atoms with van der Waals surface area (Å²) in [5, 5.41) is 41.9. The van der Waals surface area contributed by atoms with Crippen LogP contribution in [0.3, 0.4) is 0 Å². The van der Waals surface area contributed by atoms with Gasteiger partial charge in [-0.1, -0.05) is 49.7 Å². The molecule has 2 aromatic rings. The van der Waals surface area contributed by atoms with E-state index in [0.717, 1.165) is 30.4 Å². The van der Waals surface area contributed by atoms with E-state index in [1.807, 2.05) is 24.3 Å². The van der Waals surface area contributed by atoms with Gasteiger partial charge in [-0.05, 0) is 114 Å². The molecule has 1 unspecified atom stereocenters. The highest BCUT2D eigenvalue weighted by Gasteiger charge is 2.33. The molecule has 298 valence electrons. The summed E-state index contributed by atoms with van der Waals surface area (Å²) < 4.78 is 0. The molecular formula is C38H60BN7O8. The van der Waals surface area contributed by atoms with Crippen LogP contribution in [0.2, 0.25) is 0 Å². The topological polar surface area (TPSA) is 258 Å². The molecule has 16 heteroatoms. The largest absolute Gasteiger partial charge is 0.475 e. The minimum Gasteiger partial charge on any atom is -0.426 e. The van der Waals surface area contributed by atoms with Crippen LogP contribution in [-0.4, -0.2) is 101 Å². The number of aliphatic hydroxyl groups is 1. The lowest BCUT2D eigenvalue weighted by molar-refractivity contribution is -0.135. The van der Waals surface area contributed by atoms with E-state index in [4.69, 9.17) is 11.5 Å². The zero-order valence-electron chi connectivity index (χ0n) is 32.0. The van der Waals surface area contributed by atoms with Crippen molar-refractivity contribution in [2.24, 2.45) is 11.5 Å². The van der Waals surface area contributed by atoms with Gasteiger partial charge in [0.2, 0.25) is 23.6 Å². The maximum Gasteiger partial charge on any atom is 0.475 e. The van der Waals surface area contributed by atoms with E-state index < -0.39 is 72.9 Å². The molecule has 0 saturated carbocycles. The van der Waals surface area contributed by atoms with Crippen LogP contribution < -0.4 is 38.1 Å². The van der Waals surface area contributed by atoms with Crippen molar-refractivity contribution >= 4 is 36.7 Å². The van der Waals surface area contributed by atoms with Crippen molar-refractivity contribution in [3.8, 4) is 11.1 Å². The second kappa shape index (κ2) is 24.1. The Labute approximate surface area is 318 Å². The second-order valence-corrected chi connectivity index (χ2v) is 13.7. The lowest BCUT2D eigenvalue weighted by Crippen LogP contribution is -2.60. The van der Waals surface area contributed by atoms with Gasteiger partial charge in [-0.15, -0.1) is 0 Å². The van der Waals surface area contributed by atoms with Crippen LogP contribution in [0.4, 0.5) is 0 Å². The molecule has 0 aliphatic rings. The molecule has 0 spiro atoms. The Bertz CT molecular complexity index is 1480. The minimum atomic E-state index is -1.82. The third kappa shape index (κ3) is 15.6. The normalized spacial score (nSPS) is 14.4. The number of benzene rings is 2. The first-order valence-electron chi connectivity index (χ1n) is 18.9. The molecule has 0 aliphatic heterocycles. The van der Waals surface area contributed by atoms with Gasteiger partial charge in [0, 0.05) is 5.56 Å². The maximum atomic E-state index is 13.5. The van der Waals surface area contributed by atoms with E-state index in [0.29, 0.717) is 44.3 Å². The van der Waals surface area contributed by atoms with Crippen molar-refractivity contribution < 1.29 is 39.1 Å². The van der Waals surface area contributed by atoms with Crippen LogP contribution >= 0.6 is 0 Å². The molecule has 0 fully saturated rings. The molecule has 0 saturated heterocycles. The fourth-order valence-electron chi connectivity index (χ4n) is 5.55. The first kappa shape index (κ1) is 45.8. The fraction of sp³-hybridized carbons (Fsp3) is 0.553. The lowest BCUT2D eigenvalue weighted by Gasteiger charge is -2.27. The average molecular weight is 754 g/mol. The molecule has 0 aromatic heterocycles. The Morgan fingerprint density at radius 3 is 1.67 bits per heavy atom. The van der Waals surface area contributed by atoms with Gasteiger partial charge in [-0.2, -0.15) is 0 Å². The fourth-order valence-corrected chi connectivity index (χ4v) is 5.55. The summed E-state index contributed by atoms with van der Waals surface area (Å²) in [4.78, 5) is 66.1. The summed E-state index contributed by atoms with van der Waals surface area (Å²) in [6.45, 7) is 6.95. The van der Waals surface area contributed by atoms with Crippen molar-refractivity contribution in [3.63, 3.8) is 0 Å². The van der Waals surface area contributed by atoms with E-state index in [1.165, 1.54) is 26.3 Å². The van der Waals surface area contributed by atoms with Crippen LogP contribution in [0.1, 0.15) is 95.0 Å². The van der Waals surface area contributed by atoms with E-state index in [9.17, 15) is 39.1 Å². The summed E-state index contributed by atoms with van der Waals surface area (Å²) in [5.74, 6) is -4.48. The monoisotopic (exact) mass is 753 g/mol. The van der Waals surface area contributed by atoms with Crippen LogP contribution in [0, 0.1) is 0 Å². The smallest absolute Gasteiger partial charge is 0.426 e. The van der Waals surface area contributed by atoms with Crippen molar-refractivity contribution in [2.75, 3.05) is 13.1 Å². The summed E-state index contributed by atoms with van der Waals surface area (Å²) in [5.41, 5.74) is 14.8. The zero-order chi connectivity index (χ0) is 40.2. The molecule has 2 rings (SSSR count). The van der Waals surface area contributed by atoms with Gasteiger partial charge in [0.05, 0.1) is 12.0 Å². The maximum absolute atomic E-state index is 13.5. The quantitative estimate of drug-likeness (QED) is 0.0522. The SMILES string of the molecule is CCCCc1ccc(-c2ccc(C(=O)N[C@@H](CCCCN)C(=O)N[C@H](C(=O)N[C@@H](C)C(=O)N[C@@H](CCCCN)C(=O)N[C@@H](C)B(O)O)C(C)O)cc2)cc1. The third-order valence-electron chi connectivity index (χ3n) is 9.03. The molecule has 0 heterocycles. The highest BCUT2D eigenvalue weighted by atomic mass is 16.4. The number of carbonyl (C=O) groups is 5. The summed E-state index contributed by atoms with van der Waals surface area (Å²) in [6.07, 6.45) is 4.45. The molecule has 12 N–H and O–H groups in total. The number of nitrogens with two attached hydrogens (primary N) is 2. The Morgan fingerprint density at radius 2 is 1.17 bits per heavy atom. The number of aryl methyl sites for hydroxylation is 1. The van der Waals surface area contributed by atoms with Crippen LogP contribution in [-0.2, 0) is 25.6 Å². The van der Waals surface area contributed by atoms with Gasteiger partial charge in [0.15, 0.2) is 0 Å². The molecule has 0 bridgehead atoms. The number of carbonyl (C=O) groups excluding carboxylic acids is 5. The number of aliphatic hydroxyl groups excluding tert-OH is 1. The van der Waals surface area contributed by atoms with E-state index >= 15 is 0 Å². The number of hydrogen-bond donors (Lipinski definition) is 10. The van der Waals surface area contributed by atoms with Gasteiger partial charge in [0.25, 0.3) is 5.91 Å². The zero-order valence-corrected chi connectivity index (χ0v) is 32.0. The second-order valence-electron chi connectivity index (χ2n) is 13.7. The number of hydrogen-bond acceptors (Lipinski definition) is 10. The van der Waals surface area contributed by atoms with E-state index in [1.54, 1.807) is 12.1 Å². The first-order chi connectivity index (χ1) is 25.7. The summed E-state index contributed by atoms with van der Waals surface area (Å²) in [6, 6.07) is 10.5. The Balaban J connectivity index is 2.11. The number of nitrogens with one attached hydrogen (secondary N) is 5. The molecule has 0 aliphatic carbocycles. The van der Waals surface area contributed by atoms with Gasteiger partial charge in [-0.25, -0.2) is 0 Å². The molecule has 6 atom stereocenters. The Kier molecular flexibility index (Phi) is 20.5. The molecule has 5 amide bonds. The van der Waals surface area contributed by atoms with Crippen LogP contribution in [0.5, 0.6) is 0 Å². The molecular weight excluding hydrogens is 693 g/mol. The van der Waals surface area contributed by atoms with Gasteiger partial charge in [-0.3, -0.25) is 24.0 Å². The predicted octanol–water partition coefficient (Wildman–Crippen LogP) is 0.424. The minimum absolute atomic E-state index is 0.199. The Morgan fingerprint density at radius 1 is 0.648 bits per heavy atom. The number of unbranched alkanes of at least 4 members (excludes halogenated alkanes) is 3. The predicted molar refractivity (Wildman–Crippen MR) is 208 cm³/mol. The summed E-state index contributed by atoms with van der Waals surface area (Å²) >= 11 is 0. The summed E-state index contributed by atoms with van der Waals surface area (Å²) in [7, 11) is -1.82. The van der Waals surface area contributed by atoms with E-state index in [-0.39, 0.29) is 12.8 Å². The third-order valence-corrected chi connectivity index (χ3v) is 9.03. The molecule has 0 radical (unpaired) electrons. The van der Waals surface area contributed by atoms with Gasteiger partial charge >= 0.3 is 7.12 Å². The van der Waals surface area contributed by atoms with Gasteiger partial charge in [0.1, 0.15) is 24.2 Å². The van der Waals surface area contributed by atoms with Crippen molar-refractivity contribution in [1.82, 2.24) is 26.6 Å². The number of rotatable bonds is 24. The highest BCUT2D eigenvalue weighted by Crippen LogP contribution is 2.21. The van der Waals surface area contributed by atoms with Crippen LogP contribution in [0.25, 0.3) is 11.1 Å². The van der Waals surface area contributed by atoms with Crippen molar-refractivity contribution in [1.29, 1.82) is 0 Å².